The second-order valence-corrected chi connectivity index (χ2v) is 5.23. The van der Waals surface area contributed by atoms with Gasteiger partial charge in [-0.05, 0) is 37.5 Å². The molecule has 1 aliphatic carbocycles. The highest BCUT2D eigenvalue weighted by molar-refractivity contribution is 6.30. The van der Waals surface area contributed by atoms with E-state index in [1.165, 1.54) is 12.1 Å². The molecule has 0 aromatic heterocycles. The quantitative estimate of drug-likeness (QED) is 0.719. The van der Waals surface area contributed by atoms with E-state index < -0.39 is 5.82 Å². The van der Waals surface area contributed by atoms with Crippen molar-refractivity contribution in [1.29, 1.82) is 0 Å². The van der Waals surface area contributed by atoms with Gasteiger partial charge in [-0.25, -0.2) is 4.39 Å². The number of carbonyl (C=O) groups is 1. The molecule has 0 spiro atoms. The molecule has 0 saturated heterocycles. The number of carbonyl (C=O) groups excluding carboxylic acids is 1. The van der Waals surface area contributed by atoms with E-state index in [-0.39, 0.29) is 16.8 Å². The van der Waals surface area contributed by atoms with Gasteiger partial charge in [-0.3, -0.25) is 4.79 Å². The summed E-state index contributed by atoms with van der Waals surface area (Å²) in [7, 11) is 0. The molecular formula is C14H16ClFO. The van der Waals surface area contributed by atoms with E-state index >= 15 is 0 Å². The predicted molar refractivity (Wildman–Crippen MR) is 66.9 cm³/mol. The third-order valence-corrected chi connectivity index (χ3v) is 4.13. The lowest BCUT2D eigenvalue weighted by molar-refractivity contribution is 0.0787. The van der Waals surface area contributed by atoms with Gasteiger partial charge < -0.3 is 0 Å². The zero-order valence-corrected chi connectivity index (χ0v) is 10.7. The molecule has 1 saturated carbocycles. The van der Waals surface area contributed by atoms with Crippen LogP contribution in [0.3, 0.4) is 0 Å². The van der Waals surface area contributed by atoms with Gasteiger partial charge >= 0.3 is 0 Å². The van der Waals surface area contributed by atoms with Crippen LogP contribution in [0, 0.1) is 11.2 Å². The molecule has 0 unspecified atom stereocenters. The van der Waals surface area contributed by atoms with Gasteiger partial charge in [0.25, 0.3) is 0 Å². The number of rotatable bonds is 3. The summed E-state index contributed by atoms with van der Waals surface area (Å²) in [4.78, 5) is 12.4. The summed E-state index contributed by atoms with van der Waals surface area (Å²) >= 11 is 5.70. The Labute approximate surface area is 106 Å². The monoisotopic (exact) mass is 254 g/mol. The molecular weight excluding hydrogens is 239 g/mol. The lowest BCUT2D eigenvalue weighted by Crippen LogP contribution is -2.28. The highest BCUT2D eigenvalue weighted by atomic mass is 35.5. The van der Waals surface area contributed by atoms with Crippen LogP contribution >= 0.6 is 11.6 Å². The summed E-state index contributed by atoms with van der Waals surface area (Å²) in [6, 6.07) is 4.30. The van der Waals surface area contributed by atoms with Crippen LogP contribution in [-0.4, -0.2) is 5.78 Å². The molecule has 2 rings (SSSR count). The molecule has 3 heteroatoms. The Morgan fingerprint density at radius 2 is 2.06 bits per heavy atom. The first kappa shape index (κ1) is 12.6. The minimum Gasteiger partial charge on any atom is -0.293 e. The number of halogens is 2. The van der Waals surface area contributed by atoms with Crippen LogP contribution in [0.2, 0.25) is 5.02 Å². The molecule has 0 radical (unpaired) electrons. The lowest BCUT2D eigenvalue weighted by Gasteiger charge is -2.25. The van der Waals surface area contributed by atoms with Gasteiger partial charge in [0.1, 0.15) is 5.82 Å². The van der Waals surface area contributed by atoms with Crippen molar-refractivity contribution < 1.29 is 9.18 Å². The molecule has 17 heavy (non-hydrogen) atoms. The Kier molecular flexibility index (Phi) is 3.53. The van der Waals surface area contributed by atoms with Crippen molar-refractivity contribution in [3.8, 4) is 0 Å². The highest BCUT2D eigenvalue weighted by Gasteiger charge is 2.40. The van der Waals surface area contributed by atoms with Gasteiger partial charge in [0.2, 0.25) is 0 Å². The topological polar surface area (TPSA) is 17.1 Å². The van der Waals surface area contributed by atoms with Crippen molar-refractivity contribution in [2.24, 2.45) is 5.41 Å². The second-order valence-electron chi connectivity index (χ2n) is 4.79. The molecule has 0 atom stereocenters. The van der Waals surface area contributed by atoms with Gasteiger partial charge in [-0.1, -0.05) is 31.4 Å². The van der Waals surface area contributed by atoms with E-state index in [9.17, 15) is 9.18 Å². The van der Waals surface area contributed by atoms with Crippen LogP contribution < -0.4 is 0 Å². The van der Waals surface area contributed by atoms with Gasteiger partial charge in [0, 0.05) is 10.4 Å². The van der Waals surface area contributed by atoms with Gasteiger partial charge in [-0.2, -0.15) is 0 Å². The lowest BCUT2D eigenvalue weighted by atomic mass is 9.76. The Balaban J connectivity index is 2.36. The van der Waals surface area contributed by atoms with Crippen LogP contribution in [0.15, 0.2) is 18.2 Å². The van der Waals surface area contributed by atoms with Crippen molar-refractivity contribution in [3.05, 3.63) is 34.6 Å². The Morgan fingerprint density at radius 3 is 2.59 bits per heavy atom. The van der Waals surface area contributed by atoms with Crippen LogP contribution in [0.25, 0.3) is 0 Å². The average Bonchev–Trinajstić information content (AvgIpc) is 2.78. The van der Waals surface area contributed by atoms with E-state index in [4.69, 9.17) is 11.6 Å². The molecule has 1 aromatic carbocycles. The third-order valence-electron chi connectivity index (χ3n) is 3.89. The summed E-state index contributed by atoms with van der Waals surface area (Å²) < 4.78 is 13.8. The fourth-order valence-corrected chi connectivity index (χ4v) is 2.91. The zero-order valence-electron chi connectivity index (χ0n) is 9.93. The van der Waals surface area contributed by atoms with Crippen LogP contribution in [0.4, 0.5) is 4.39 Å². The van der Waals surface area contributed by atoms with Crippen LogP contribution in [0.1, 0.15) is 49.4 Å². The van der Waals surface area contributed by atoms with Crippen LogP contribution in [-0.2, 0) is 0 Å². The molecule has 0 amide bonds. The first-order valence-electron chi connectivity index (χ1n) is 6.09. The number of ketones is 1. The van der Waals surface area contributed by atoms with E-state index in [2.05, 4.69) is 0 Å². The van der Waals surface area contributed by atoms with Crippen molar-refractivity contribution >= 4 is 17.4 Å². The minimum absolute atomic E-state index is 0.0494. The molecule has 0 heterocycles. The van der Waals surface area contributed by atoms with Crippen molar-refractivity contribution in [3.63, 3.8) is 0 Å². The number of hydrogen-bond donors (Lipinski definition) is 0. The highest BCUT2D eigenvalue weighted by Crippen LogP contribution is 2.43. The molecule has 1 fully saturated rings. The maximum absolute atomic E-state index is 13.8. The third kappa shape index (κ3) is 2.23. The van der Waals surface area contributed by atoms with E-state index in [1.54, 1.807) is 6.07 Å². The molecule has 1 aromatic rings. The smallest absolute Gasteiger partial charge is 0.171 e. The van der Waals surface area contributed by atoms with Gasteiger partial charge in [0.05, 0.1) is 5.56 Å². The molecule has 0 N–H and O–H groups in total. The molecule has 0 aliphatic heterocycles. The minimum atomic E-state index is -0.498. The first-order chi connectivity index (χ1) is 8.09. The normalized spacial score (nSPS) is 18.3. The summed E-state index contributed by atoms with van der Waals surface area (Å²) in [5.74, 6) is -0.547. The summed E-state index contributed by atoms with van der Waals surface area (Å²) in [5.41, 5.74) is -0.146. The summed E-state index contributed by atoms with van der Waals surface area (Å²) in [6.07, 6.45) is 4.67. The molecule has 1 nitrogen and oxygen atoms in total. The fraction of sp³-hybridized carbons (Fsp3) is 0.500. The van der Waals surface area contributed by atoms with E-state index in [0.29, 0.717) is 5.02 Å². The van der Waals surface area contributed by atoms with Crippen molar-refractivity contribution in [1.82, 2.24) is 0 Å². The van der Waals surface area contributed by atoms with Crippen molar-refractivity contribution in [2.75, 3.05) is 0 Å². The Morgan fingerprint density at radius 1 is 1.41 bits per heavy atom. The standard InChI is InChI=1S/C14H16ClFO/c1-2-14(7-3-4-8-14)13(17)11-6-5-10(15)9-12(11)16/h5-6,9H,2-4,7-8H2,1H3. The zero-order chi connectivity index (χ0) is 12.5. The Hall–Kier alpha value is -0.890. The molecule has 1 aliphatic rings. The number of benzene rings is 1. The van der Waals surface area contributed by atoms with Gasteiger partial charge in [-0.15, -0.1) is 0 Å². The van der Waals surface area contributed by atoms with E-state index in [0.717, 1.165) is 32.1 Å². The predicted octanol–water partition coefficient (Wildman–Crippen LogP) is 4.63. The summed E-state index contributed by atoms with van der Waals surface area (Å²) in [5, 5.41) is 0.330. The maximum Gasteiger partial charge on any atom is 0.171 e. The summed E-state index contributed by atoms with van der Waals surface area (Å²) in [6.45, 7) is 2.01. The number of hydrogen-bond acceptors (Lipinski definition) is 1. The number of Topliss-reactive ketones (excluding diaryl/α,β-unsaturated/α-hetero) is 1. The second kappa shape index (κ2) is 4.77. The maximum atomic E-state index is 13.8. The average molecular weight is 255 g/mol. The fourth-order valence-electron chi connectivity index (χ4n) is 2.75. The molecule has 92 valence electrons. The largest absolute Gasteiger partial charge is 0.293 e. The van der Waals surface area contributed by atoms with Crippen LogP contribution in [0.5, 0.6) is 0 Å². The first-order valence-corrected chi connectivity index (χ1v) is 6.47. The van der Waals surface area contributed by atoms with E-state index in [1.807, 2.05) is 6.92 Å². The van der Waals surface area contributed by atoms with Gasteiger partial charge in [0.15, 0.2) is 5.78 Å². The Bertz CT molecular complexity index is 436. The van der Waals surface area contributed by atoms with Crippen molar-refractivity contribution in [2.45, 2.75) is 39.0 Å². The SMILES string of the molecule is CCC1(C(=O)c2ccc(Cl)cc2F)CCCC1. The molecule has 0 bridgehead atoms.